The van der Waals surface area contributed by atoms with Gasteiger partial charge in [0.2, 0.25) is 11.9 Å². The van der Waals surface area contributed by atoms with Crippen molar-refractivity contribution >= 4 is 52.0 Å². The molecule has 2 aliphatic rings. The van der Waals surface area contributed by atoms with E-state index >= 15 is 0 Å². The molecule has 0 radical (unpaired) electrons. The van der Waals surface area contributed by atoms with Crippen molar-refractivity contribution in [3.05, 3.63) is 68.6 Å². The van der Waals surface area contributed by atoms with Crippen LogP contribution in [0.2, 0.25) is 5.02 Å². The summed E-state index contributed by atoms with van der Waals surface area (Å²) >= 11 is 7.99. The van der Waals surface area contributed by atoms with Gasteiger partial charge < -0.3 is 30.0 Å². The third kappa shape index (κ3) is 8.28. The zero-order valence-corrected chi connectivity index (χ0v) is 30.3. The monoisotopic (exact) mass is 780 g/mol. The summed E-state index contributed by atoms with van der Waals surface area (Å²) in [5.41, 5.74) is 4.69. The number of amides is 2. The number of likely N-dealkylation sites (tertiary alicyclic amines) is 1. The number of fused-ring (bicyclic) bond motifs is 2. The second kappa shape index (κ2) is 14.6. The molecule has 1 aliphatic heterocycles. The fourth-order valence-electron chi connectivity index (χ4n) is 6.57. The van der Waals surface area contributed by atoms with Crippen LogP contribution in [0.1, 0.15) is 63.3 Å². The van der Waals surface area contributed by atoms with Gasteiger partial charge in [-0.2, -0.15) is 4.39 Å². The van der Waals surface area contributed by atoms with Crippen molar-refractivity contribution < 1.29 is 46.9 Å². The first-order valence-electron chi connectivity index (χ1n) is 16.6. The molecule has 0 saturated carbocycles. The standard InChI is InChI=1S/C34H36ClF3N6O8S/c1-33(2,3)52-32(48)51-27-18-12-21(35)19(10-17(18)11-23(27)50-31(39)47)28-26-20(14-53-28)30(46)43(16-40-26)15-34(49)5-8-42(9-6-34)25(45)13-22(29(37)38)44-7-4-24(36)41-44/h4,7,10,12,14,16,22-23,27,29,49H,5-6,8-9,11,13,15H2,1-3H3,(H2,39,47). The molecule has 4 aromatic rings. The normalized spacial score (nSPS) is 18.9. The predicted molar refractivity (Wildman–Crippen MR) is 185 cm³/mol. The molecule has 0 spiro atoms. The third-order valence-electron chi connectivity index (χ3n) is 9.10. The Bertz CT molecular complexity index is 2110. The van der Waals surface area contributed by atoms with Crippen LogP contribution >= 0.6 is 22.9 Å². The van der Waals surface area contributed by atoms with Crippen molar-refractivity contribution in [2.75, 3.05) is 13.1 Å². The van der Waals surface area contributed by atoms with E-state index in [4.69, 9.17) is 31.5 Å². The van der Waals surface area contributed by atoms with Crippen LogP contribution in [0.5, 0.6) is 0 Å². The number of rotatable bonds is 9. The molecule has 14 nitrogen and oxygen atoms in total. The lowest BCUT2D eigenvalue weighted by atomic mass is 9.91. The molecule has 1 aromatic carbocycles. The van der Waals surface area contributed by atoms with Gasteiger partial charge in [-0.05, 0) is 51.3 Å². The van der Waals surface area contributed by atoms with Gasteiger partial charge in [0.1, 0.15) is 17.7 Å². The predicted octanol–water partition coefficient (Wildman–Crippen LogP) is 5.38. The average molecular weight is 781 g/mol. The van der Waals surface area contributed by atoms with Crippen LogP contribution in [0.15, 0.2) is 40.9 Å². The summed E-state index contributed by atoms with van der Waals surface area (Å²) in [6.45, 7) is 5.00. The van der Waals surface area contributed by atoms with Crippen LogP contribution in [0, 0.1) is 5.95 Å². The van der Waals surface area contributed by atoms with Gasteiger partial charge in [-0.15, -0.1) is 16.4 Å². The van der Waals surface area contributed by atoms with Gasteiger partial charge in [-0.1, -0.05) is 11.6 Å². The maximum atomic E-state index is 13.7. The van der Waals surface area contributed by atoms with Crippen molar-refractivity contribution in [3.8, 4) is 10.4 Å². The number of aromatic nitrogens is 4. The summed E-state index contributed by atoms with van der Waals surface area (Å²) in [5.74, 6) is -1.53. The maximum absolute atomic E-state index is 13.7. The van der Waals surface area contributed by atoms with E-state index in [0.29, 0.717) is 27.1 Å². The Morgan fingerprint density at radius 3 is 2.53 bits per heavy atom. The first-order valence-corrected chi connectivity index (χ1v) is 17.8. The lowest BCUT2D eigenvalue weighted by Crippen LogP contribution is -2.50. The van der Waals surface area contributed by atoms with Crippen molar-refractivity contribution in [1.82, 2.24) is 24.2 Å². The number of carbonyl (C=O) groups is 3. The van der Waals surface area contributed by atoms with Gasteiger partial charge >= 0.3 is 12.2 Å². The second-order valence-electron chi connectivity index (χ2n) is 14.0. The average Bonchev–Trinajstić information content (AvgIpc) is 3.77. The molecule has 1 fully saturated rings. The number of halogens is 4. The molecule has 4 heterocycles. The molecule has 284 valence electrons. The number of ether oxygens (including phenoxy) is 3. The van der Waals surface area contributed by atoms with Crippen LogP contribution in [0.4, 0.5) is 22.8 Å². The zero-order valence-electron chi connectivity index (χ0n) is 28.8. The molecule has 3 aromatic heterocycles. The number of primary amides is 1. The zero-order chi connectivity index (χ0) is 38.4. The fraction of sp³-hybridized carbons (Fsp3) is 0.471. The number of piperidine rings is 1. The van der Waals surface area contributed by atoms with E-state index in [1.165, 1.54) is 27.1 Å². The molecule has 0 bridgehead atoms. The quantitative estimate of drug-likeness (QED) is 0.210. The van der Waals surface area contributed by atoms with E-state index in [-0.39, 0.29) is 49.3 Å². The largest absolute Gasteiger partial charge is 0.509 e. The summed E-state index contributed by atoms with van der Waals surface area (Å²) in [5, 5.41) is 16.9. The Morgan fingerprint density at radius 2 is 1.91 bits per heavy atom. The molecule has 3 unspecified atom stereocenters. The second-order valence-corrected chi connectivity index (χ2v) is 15.3. The minimum Gasteiger partial charge on any atom is -0.442 e. The smallest absolute Gasteiger partial charge is 0.442 e. The topological polar surface area (TPSA) is 181 Å². The lowest BCUT2D eigenvalue weighted by Gasteiger charge is -2.38. The number of thiophene rings is 1. The number of hydrogen-bond acceptors (Lipinski definition) is 11. The van der Waals surface area contributed by atoms with Crippen molar-refractivity contribution in [2.24, 2.45) is 5.73 Å². The molecule has 19 heteroatoms. The lowest BCUT2D eigenvalue weighted by molar-refractivity contribution is -0.138. The molecule has 3 N–H and O–H groups in total. The Labute approximate surface area is 309 Å². The highest BCUT2D eigenvalue weighted by molar-refractivity contribution is 7.15. The van der Waals surface area contributed by atoms with E-state index in [1.807, 2.05) is 0 Å². The molecular formula is C34H36ClF3N6O8S. The van der Waals surface area contributed by atoms with Gasteiger partial charge in [0, 0.05) is 53.3 Å². The van der Waals surface area contributed by atoms with Crippen molar-refractivity contribution in [3.63, 3.8) is 0 Å². The fourth-order valence-corrected chi connectivity index (χ4v) is 7.91. The Balaban J connectivity index is 1.17. The summed E-state index contributed by atoms with van der Waals surface area (Å²) in [6.07, 6.45) is -4.91. The number of nitrogens with zero attached hydrogens (tertiary/aromatic N) is 5. The minimum atomic E-state index is -2.96. The van der Waals surface area contributed by atoms with Gasteiger partial charge in [-0.3, -0.25) is 18.8 Å². The SMILES string of the molecule is CC(C)(C)OC(=O)OC1c2cc(Cl)c(-c3scc4c(=O)n(CC5(O)CCN(C(=O)CC(C(F)F)n6ccc(F)n6)CC5)cnc34)cc2CC1OC(N)=O. The van der Waals surface area contributed by atoms with Crippen LogP contribution < -0.4 is 11.3 Å². The minimum absolute atomic E-state index is 0.0532. The van der Waals surface area contributed by atoms with Crippen LogP contribution in [-0.4, -0.2) is 84.3 Å². The van der Waals surface area contributed by atoms with Gasteiger partial charge in [0.05, 0.1) is 40.7 Å². The Kier molecular flexibility index (Phi) is 10.5. The molecule has 53 heavy (non-hydrogen) atoms. The third-order valence-corrected chi connectivity index (χ3v) is 10.4. The van der Waals surface area contributed by atoms with Crippen LogP contribution in [0.25, 0.3) is 21.3 Å². The molecule has 6 rings (SSSR count). The van der Waals surface area contributed by atoms with E-state index in [9.17, 15) is 37.5 Å². The van der Waals surface area contributed by atoms with Crippen molar-refractivity contribution in [2.45, 2.75) is 88.9 Å². The number of aliphatic hydroxyl groups is 1. The summed E-state index contributed by atoms with van der Waals surface area (Å²) in [4.78, 5) is 57.2. The Hall–Kier alpha value is -4.68. The summed E-state index contributed by atoms with van der Waals surface area (Å²) in [7, 11) is 0. The first-order chi connectivity index (χ1) is 24.9. The van der Waals surface area contributed by atoms with Gasteiger partial charge in [0.25, 0.3) is 12.0 Å². The van der Waals surface area contributed by atoms with Crippen LogP contribution in [-0.2, 0) is 32.0 Å². The van der Waals surface area contributed by atoms with Gasteiger partial charge in [-0.25, -0.2) is 23.4 Å². The molecular weight excluding hydrogens is 745 g/mol. The number of hydrogen-bond donors (Lipinski definition) is 2. The van der Waals surface area contributed by atoms with Gasteiger partial charge in [0.15, 0.2) is 6.10 Å². The highest BCUT2D eigenvalue weighted by atomic mass is 35.5. The van der Waals surface area contributed by atoms with E-state index in [0.717, 1.165) is 16.9 Å². The first kappa shape index (κ1) is 38.1. The van der Waals surface area contributed by atoms with E-state index in [2.05, 4.69) is 10.1 Å². The molecule has 1 saturated heterocycles. The van der Waals surface area contributed by atoms with E-state index in [1.54, 1.807) is 38.3 Å². The number of benzene rings is 1. The van der Waals surface area contributed by atoms with Crippen molar-refractivity contribution in [1.29, 1.82) is 0 Å². The number of carbonyl (C=O) groups excluding carboxylic acids is 3. The number of alkyl halides is 2. The summed E-state index contributed by atoms with van der Waals surface area (Å²) < 4.78 is 58.8. The highest BCUT2D eigenvalue weighted by Crippen LogP contribution is 2.44. The molecule has 3 atom stereocenters. The Morgan fingerprint density at radius 1 is 1.19 bits per heavy atom. The maximum Gasteiger partial charge on any atom is 0.509 e. The molecule has 2 amide bonds. The van der Waals surface area contributed by atoms with E-state index < -0.39 is 72.0 Å². The number of nitrogens with two attached hydrogens (primary N) is 1. The summed E-state index contributed by atoms with van der Waals surface area (Å²) in [6, 6.07) is 2.63. The highest BCUT2D eigenvalue weighted by Gasteiger charge is 2.41. The van der Waals surface area contributed by atoms with Crippen LogP contribution in [0.3, 0.4) is 0 Å². The molecule has 1 aliphatic carbocycles.